The molecule has 3 aromatic carbocycles. The molecule has 0 unspecified atom stereocenters. The molecule has 0 aliphatic heterocycles. The van der Waals surface area contributed by atoms with Gasteiger partial charge >= 0.3 is 0 Å². The van der Waals surface area contributed by atoms with Gasteiger partial charge in [0.25, 0.3) is 10.0 Å². The Morgan fingerprint density at radius 1 is 0.905 bits per heavy atom. The zero-order chi connectivity index (χ0) is 31.0. The zero-order valence-electron chi connectivity index (χ0n) is 24.8. The summed E-state index contributed by atoms with van der Waals surface area (Å²) in [4.78, 5) is 28.4. The van der Waals surface area contributed by atoms with Crippen LogP contribution in [-0.4, -0.2) is 58.5 Å². The van der Waals surface area contributed by atoms with Crippen molar-refractivity contribution in [1.82, 2.24) is 10.2 Å². The minimum Gasteiger partial charge on any atom is -0.493 e. The van der Waals surface area contributed by atoms with Crippen LogP contribution >= 0.6 is 11.6 Å². The van der Waals surface area contributed by atoms with Gasteiger partial charge in [0, 0.05) is 24.2 Å². The van der Waals surface area contributed by atoms with Crippen molar-refractivity contribution in [3.63, 3.8) is 0 Å². The lowest BCUT2D eigenvalue weighted by Crippen LogP contribution is -2.51. The van der Waals surface area contributed by atoms with Gasteiger partial charge in [-0.05, 0) is 61.7 Å². The lowest BCUT2D eigenvalue weighted by atomic mass is 10.1. The first-order valence-corrected chi connectivity index (χ1v) is 15.3. The normalized spacial score (nSPS) is 12.0. The van der Waals surface area contributed by atoms with Crippen LogP contribution in [0.5, 0.6) is 11.5 Å². The maximum absolute atomic E-state index is 14.1. The van der Waals surface area contributed by atoms with E-state index in [9.17, 15) is 18.0 Å². The molecule has 1 atom stereocenters. The summed E-state index contributed by atoms with van der Waals surface area (Å²) in [6, 6.07) is 17.1. The quantitative estimate of drug-likeness (QED) is 0.289. The highest BCUT2D eigenvalue weighted by molar-refractivity contribution is 7.92. The first-order chi connectivity index (χ1) is 19.9. The predicted molar refractivity (Wildman–Crippen MR) is 165 cm³/mol. The van der Waals surface area contributed by atoms with Crippen molar-refractivity contribution in [1.29, 1.82) is 0 Å². The Morgan fingerprint density at radius 2 is 1.52 bits per heavy atom. The number of amides is 2. The molecule has 0 heterocycles. The zero-order valence-corrected chi connectivity index (χ0v) is 26.3. The first kappa shape index (κ1) is 32.8. The van der Waals surface area contributed by atoms with Crippen LogP contribution in [0.15, 0.2) is 71.6 Å². The molecule has 0 spiro atoms. The van der Waals surface area contributed by atoms with Crippen molar-refractivity contribution in [2.45, 2.75) is 45.2 Å². The van der Waals surface area contributed by atoms with Crippen molar-refractivity contribution in [2.75, 3.05) is 31.6 Å². The molecule has 42 heavy (non-hydrogen) atoms. The smallest absolute Gasteiger partial charge is 0.264 e. The van der Waals surface area contributed by atoms with Crippen LogP contribution in [-0.2, 0) is 26.2 Å². The molecule has 3 aromatic rings. The summed E-state index contributed by atoms with van der Waals surface area (Å²) in [5.74, 6) is -0.0824. The van der Waals surface area contributed by atoms with E-state index < -0.39 is 28.5 Å². The van der Waals surface area contributed by atoms with Crippen LogP contribution < -0.4 is 19.1 Å². The number of carbonyl (C=O) groups excluding carboxylic acids is 2. The number of anilines is 1. The topological polar surface area (TPSA) is 105 Å². The molecule has 0 aliphatic carbocycles. The lowest BCUT2D eigenvalue weighted by molar-refractivity contribution is -0.139. The number of hydrogen-bond donors (Lipinski definition) is 1. The van der Waals surface area contributed by atoms with Gasteiger partial charge in [0.1, 0.15) is 12.6 Å². The Labute approximate surface area is 253 Å². The fourth-order valence-electron chi connectivity index (χ4n) is 4.17. The number of aryl methyl sites for hydroxylation is 1. The Kier molecular flexibility index (Phi) is 11.2. The summed E-state index contributed by atoms with van der Waals surface area (Å²) >= 11 is 6.06. The van der Waals surface area contributed by atoms with E-state index in [-0.39, 0.29) is 29.0 Å². The van der Waals surface area contributed by atoms with Crippen LogP contribution in [0.3, 0.4) is 0 Å². The fourth-order valence-corrected chi connectivity index (χ4v) is 5.72. The summed E-state index contributed by atoms with van der Waals surface area (Å²) in [5, 5.41) is 3.40. The standard InChI is InChI=1S/C31H38ClN3O6S/c1-21(2)18-33-31(37)23(4)34(19-24-9-11-25(32)12-10-24)30(36)20-35(26-13-7-22(3)8-14-26)42(38,39)27-15-16-28(40-5)29(17-27)41-6/h7-17,21,23H,18-20H2,1-6H3,(H,33,37)/t23-/m1/s1. The van der Waals surface area contributed by atoms with Crippen molar-refractivity contribution in [3.05, 3.63) is 82.9 Å². The van der Waals surface area contributed by atoms with E-state index in [0.717, 1.165) is 15.4 Å². The van der Waals surface area contributed by atoms with Crippen molar-refractivity contribution in [2.24, 2.45) is 5.92 Å². The predicted octanol–water partition coefficient (Wildman–Crippen LogP) is 5.05. The number of hydrogen-bond acceptors (Lipinski definition) is 6. The van der Waals surface area contributed by atoms with E-state index in [1.807, 2.05) is 20.8 Å². The van der Waals surface area contributed by atoms with Crippen LogP contribution in [0.4, 0.5) is 5.69 Å². The SMILES string of the molecule is COc1ccc(S(=O)(=O)N(CC(=O)N(Cc2ccc(Cl)cc2)[C@H](C)C(=O)NCC(C)C)c2ccc(C)cc2)cc1OC. The highest BCUT2D eigenvalue weighted by Crippen LogP contribution is 2.32. The summed E-state index contributed by atoms with van der Waals surface area (Å²) in [5.41, 5.74) is 1.96. The van der Waals surface area contributed by atoms with Gasteiger partial charge in [0.2, 0.25) is 11.8 Å². The van der Waals surface area contributed by atoms with Crippen molar-refractivity contribution in [3.8, 4) is 11.5 Å². The van der Waals surface area contributed by atoms with E-state index in [2.05, 4.69) is 5.32 Å². The minimum atomic E-state index is -4.27. The lowest BCUT2D eigenvalue weighted by Gasteiger charge is -2.32. The Balaban J connectivity index is 2.04. The van der Waals surface area contributed by atoms with E-state index in [0.29, 0.717) is 23.0 Å². The summed E-state index contributed by atoms with van der Waals surface area (Å²) in [7, 11) is -1.40. The highest BCUT2D eigenvalue weighted by atomic mass is 35.5. The van der Waals surface area contributed by atoms with Crippen LogP contribution in [0.25, 0.3) is 0 Å². The van der Waals surface area contributed by atoms with E-state index in [4.69, 9.17) is 21.1 Å². The van der Waals surface area contributed by atoms with Gasteiger partial charge in [-0.2, -0.15) is 0 Å². The van der Waals surface area contributed by atoms with Crippen LogP contribution in [0.2, 0.25) is 5.02 Å². The fraction of sp³-hybridized carbons (Fsp3) is 0.355. The molecule has 1 N–H and O–H groups in total. The molecular formula is C31H38ClN3O6S. The largest absolute Gasteiger partial charge is 0.493 e. The number of nitrogens with one attached hydrogen (secondary N) is 1. The molecule has 0 saturated carbocycles. The number of carbonyl (C=O) groups is 2. The first-order valence-electron chi connectivity index (χ1n) is 13.5. The number of sulfonamides is 1. The van der Waals surface area contributed by atoms with Gasteiger partial charge in [0.15, 0.2) is 11.5 Å². The molecule has 0 aromatic heterocycles. The van der Waals surface area contributed by atoms with Gasteiger partial charge in [-0.15, -0.1) is 0 Å². The van der Waals surface area contributed by atoms with E-state index in [1.165, 1.54) is 37.3 Å². The van der Waals surface area contributed by atoms with Gasteiger partial charge in [-0.1, -0.05) is 55.3 Å². The molecule has 226 valence electrons. The second-order valence-corrected chi connectivity index (χ2v) is 12.6. The molecule has 0 radical (unpaired) electrons. The third-order valence-corrected chi connectivity index (χ3v) is 8.68. The number of methoxy groups -OCH3 is 2. The molecule has 0 aliphatic rings. The molecule has 0 saturated heterocycles. The molecular weight excluding hydrogens is 578 g/mol. The number of halogens is 1. The van der Waals surface area contributed by atoms with Crippen LogP contribution in [0, 0.1) is 12.8 Å². The second-order valence-electron chi connectivity index (χ2n) is 10.3. The van der Waals surface area contributed by atoms with Gasteiger partial charge in [-0.25, -0.2) is 8.42 Å². The maximum atomic E-state index is 14.1. The summed E-state index contributed by atoms with van der Waals surface area (Å²) in [6.45, 7) is 7.42. The molecule has 0 fully saturated rings. The molecule has 11 heteroatoms. The highest BCUT2D eigenvalue weighted by Gasteiger charge is 2.33. The number of ether oxygens (including phenoxy) is 2. The number of benzene rings is 3. The Morgan fingerprint density at radius 3 is 2.10 bits per heavy atom. The van der Waals surface area contributed by atoms with Crippen molar-refractivity contribution >= 4 is 39.1 Å². The average molecular weight is 616 g/mol. The van der Waals surface area contributed by atoms with Crippen molar-refractivity contribution < 1.29 is 27.5 Å². The number of rotatable bonds is 13. The maximum Gasteiger partial charge on any atom is 0.264 e. The molecule has 0 bridgehead atoms. The molecule has 3 rings (SSSR count). The van der Waals surface area contributed by atoms with E-state index >= 15 is 0 Å². The van der Waals surface area contributed by atoms with E-state index in [1.54, 1.807) is 55.5 Å². The van der Waals surface area contributed by atoms with Gasteiger partial charge in [-0.3, -0.25) is 13.9 Å². The Hall–Kier alpha value is -3.76. The second kappa shape index (κ2) is 14.4. The monoisotopic (exact) mass is 615 g/mol. The number of nitrogens with zero attached hydrogens (tertiary/aromatic N) is 2. The third-order valence-electron chi connectivity index (χ3n) is 6.66. The van der Waals surface area contributed by atoms with Gasteiger partial charge < -0.3 is 19.7 Å². The third kappa shape index (κ3) is 8.17. The Bertz CT molecular complexity index is 1480. The molecule has 2 amide bonds. The molecule has 9 nitrogen and oxygen atoms in total. The average Bonchev–Trinajstić information content (AvgIpc) is 2.97. The summed E-state index contributed by atoms with van der Waals surface area (Å²) < 4.78 is 39.8. The van der Waals surface area contributed by atoms with Crippen LogP contribution in [0.1, 0.15) is 31.9 Å². The van der Waals surface area contributed by atoms with Gasteiger partial charge in [0.05, 0.1) is 24.8 Å². The minimum absolute atomic E-state index is 0.0738. The summed E-state index contributed by atoms with van der Waals surface area (Å²) in [6.07, 6.45) is 0.